The van der Waals surface area contributed by atoms with Gasteiger partial charge in [0.1, 0.15) is 5.60 Å². The molecule has 5 nitrogen and oxygen atoms in total. The molecule has 0 radical (unpaired) electrons. The van der Waals surface area contributed by atoms with Gasteiger partial charge in [0.25, 0.3) is 5.60 Å². The number of carbonyl (C=O) groups is 2. The van der Waals surface area contributed by atoms with Crippen molar-refractivity contribution in [3.8, 4) is 0 Å². The molecule has 0 spiro atoms. The maximum Gasteiger partial charge on any atom is 0.350 e. The van der Waals surface area contributed by atoms with Crippen LogP contribution in [0.1, 0.15) is 47.0 Å². The van der Waals surface area contributed by atoms with Gasteiger partial charge in [-0.05, 0) is 33.6 Å². The van der Waals surface area contributed by atoms with Gasteiger partial charge in [0.2, 0.25) is 0 Å². The fourth-order valence-electron chi connectivity index (χ4n) is 1.25. The van der Waals surface area contributed by atoms with Crippen LogP contribution < -0.4 is 0 Å². The fourth-order valence-corrected chi connectivity index (χ4v) is 1.25. The highest BCUT2D eigenvalue weighted by atomic mass is 16.6. The molecule has 0 aliphatic heterocycles. The predicted molar refractivity (Wildman–Crippen MR) is 62.3 cm³/mol. The summed E-state index contributed by atoms with van der Waals surface area (Å²) in [5.74, 6) is -1.93. The Kier molecular flexibility index (Phi) is 5.61. The van der Waals surface area contributed by atoms with Gasteiger partial charge in [0.05, 0.1) is 7.11 Å². The third-order valence-electron chi connectivity index (χ3n) is 2.15. The van der Waals surface area contributed by atoms with Crippen molar-refractivity contribution < 1.29 is 24.2 Å². The van der Waals surface area contributed by atoms with Crippen LogP contribution in [0, 0.1) is 0 Å². The molecule has 17 heavy (non-hydrogen) atoms. The summed E-state index contributed by atoms with van der Waals surface area (Å²) in [7, 11) is 1.13. The lowest BCUT2D eigenvalue weighted by atomic mass is 9.96. The summed E-state index contributed by atoms with van der Waals surface area (Å²) < 4.78 is 9.49. The second-order valence-corrected chi connectivity index (χ2v) is 4.96. The Morgan fingerprint density at radius 1 is 1.18 bits per heavy atom. The van der Waals surface area contributed by atoms with Crippen LogP contribution in [0.3, 0.4) is 0 Å². The van der Waals surface area contributed by atoms with E-state index < -0.39 is 23.1 Å². The monoisotopic (exact) mass is 246 g/mol. The average Bonchev–Trinajstić information content (AvgIpc) is 2.22. The van der Waals surface area contributed by atoms with Crippen LogP contribution in [0.4, 0.5) is 0 Å². The molecule has 0 fully saturated rings. The molecule has 1 N–H and O–H groups in total. The van der Waals surface area contributed by atoms with Gasteiger partial charge in [0.15, 0.2) is 0 Å². The van der Waals surface area contributed by atoms with Crippen molar-refractivity contribution in [3.05, 3.63) is 0 Å². The van der Waals surface area contributed by atoms with Gasteiger partial charge < -0.3 is 14.6 Å². The van der Waals surface area contributed by atoms with Gasteiger partial charge in [-0.1, -0.05) is 13.3 Å². The molecule has 5 heteroatoms. The Hall–Kier alpha value is -1.10. The molecule has 1 atom stereocenters. The molecule has 100 valence electrons. The normalized spacial score (nSPS) is 14.9. The third-order valence-corrected chi connectivity index (χ3v) is 2.15. The van der Waals surface area contributed by atoms with E-state index in [4.69, 9.17) is 4.74 Å². The predicted octanol–water partition coefficient (Wildman–Crippen LogP) is 1.42. The molecule has 0 aliphatic rings. The summed E-state index contributed by atoms with van der Waals surface area (Å²) in [5.41, 5.74) is -2.96. The number of esters is 2. The highest BCUT2D eigenvalue weighted by Gasteiger charge is 2.47. The van der Waals surface area contributed by atoms with E-state index in [1.54, 1.807) is 20.8 Å². The molecule has 0 unspecified atom stereocenters. The van der Waals surface area contributed by atoms with Gasteiger partial charge in [-0.2, -0.15) is 0 Å². The van der Waals surface area contributed by atoms with E-state index in [-0.39, 0.29) is 6.42 Å². The molecule has 0 rings (SSSR count). The number of hydrogen-bond donors (Lipinski definition) is 1. The van der Waals surface area contributed by atoms with E-state index in [0.29, 0.717) is 6.42 Å². The standard InChI is InChI=1S/C12H22O5/c1-6-7-8-12(15,9(13)16-5)10(14)17-11(2,3)4/h15H,6-8H2,1-5H3/t12-/m0/s1. The van der Waals surface area contributed by atoms with Gasteiger partial charge in [-0.3, -0.25) is 0 Å². The fraction of sp³-hybridized carbons (Fsp3) is 0.833. The Morgan fingerprint density at radius 3 is 2.06 bits per heavy atom. The first-order valence-corrected chi connectivity index (χ1v) is 5.71. The van der Waals surface area contributed by atoms with E-state index in [1.807, 2.05) is 6.92 Å². The van der Waals surface area contributed by atoms with Gasteiger partial charge >= 0.3 is 11.9 Å². The van der Waals surface area contributed by atoms with Crippen molar-refractivity contribution in [1.29, 1.82) is 0 Å². The summed E-state index contributed by atoms with van der Waals surface area (Å²) in [4.78, 5) is 23.3. The van der Waals surface area contributed by atoms with Crippen LogP contribution in [-0.4, -0.2) is 35.4 Å². The van der Waals surface area contributed by atoms with Crippen LogP contribution in [0.2, 0.25) is 0 Å². The molecule has 0 saturated carbocycles. The van der Waals surface area contributed by atoms with Crippen LogP contribution in [0.5, 0.6) is 0 Å². The van der Waals surface area contributed by atoms with Crippen molar-refractivity contribution in [2.24, 2.45) is 0 Å². The second kappa shape index (κ2) is 6.00. The molecular weight excluding hydrogens is 224 g/mol. The first-order chi connectivity index (χ1) is 7.67. The van der Waals surface area contributed by atoms with Gasteiger partial charge in [-0.15, -0.1) is 0 Å². The van der Waals surface area contributed by atoms with Crippen LogP contribution in [0.15, 0.2) is 0 Å². The Bertz CT molecular complexity index is 279. The number of rotatable bonds is 5. The molecule has 0 aliphatic carbocycles. The number of methoxy groups -OCH3 is 1. The zero-order valence-electron chi connectivity index (χ0n) is 11.2. The number of ether oxygens (including phenoxy) is 2. The number of carbonyl (C=O) groups excluding carboxylic acids is 2. The van der Waals surface area contributed by atoms with Gasteiger partial charge in [-0.25, -0.2) is 9.59 Å². The zero-order chi connectivity index (χ0) is 13.7. The molecule has 0 aromatic rings. The third kappa shape index (κ3) is 4.73. The highest BCUT2D eigenvalue weighted by molar-refractivity contribution is 6.03. The minimum Gasteiger partial charge on any atom is -0.466 e. The first kappa shape index (κ1) is 15.9. The second-order valence-electron chi connectivity index (χ2n) is 4.96. The average molecular weight is 246 g/mol. The maximum atomic E-state index is 11.8. The molecule has 0 aromatic heterocycles. The molecule has 0 saturated heterocycles. The SMILES string of the molecule is CCCC[C@](O)(C(=O)OC)C(=O)OC(C)(C)C. The van der Waals surface area contributed by atoms with E-state index in [2.05, 4.69) is 4.74 Å². The molecule has 0 aromatic carbocycles. The van der Waals surface area contributed by atoms with E-state index in [9.17, 15) is 14.7 Å². The van der Waals surface area contributed by atoms with Crippen molar-refractivity contribution >= 4 is 11.9 Å². The Balaban J connectivity index is 4.91. The largest absolute Gasteiger partial charge is 0.466 e. The summed E-state index contributed by atoms with van der Waals surface area (Å²) >= 11 is 0. The summed E-state index contributed by atoms with van der Waals surface area (Å²) in [6, 6.07) is 0. The lowest BCUT2D eigenvalue weighted by molar-refractivity contribution is -0.190. The number of hydrogen-bond acceptors (Lipinski definition) is 5. The smallest absolute Gasteiger partial charge is 0.350 e. The minimum atomic E-state index is -2.20. The Morgan fingerprint density at radius 2 is 1.71 bits per heavy atom. The molecule has 0 heterocycles. The summed E-state index contributed by atoms with van der Waals surface area (Å²) in [6.07, 6.45) is 1.29. The van der Waals surface area contributed by atoms with Crippen molar-refractivity contribution in [1.82, 2.24) is 0 Å². The number of aliphatic hydroxyl groups is 1. The van der Waals surface area contributed by atoms with Crippen molar-refractivity contribution in [2.75, 3.05) is 7.11 Å². The molecule has 0 bridgehead atoms. The number of unbranched alkanes of at least 4 members (excludes halogenated alkanes) is 1. The van der Waals surface area contributed by atoms with E-state index in [0.717, 1.165) is 13.5 Å². The van der Waals surface area contributed by atoms with Crippen LogP contribution in [0.25, 0.3) is 0 Å². The van der Waals surface area contributed by atoms with Crippen LogP contribution in [-0.2, 0) is 19.1 Å². The first-order valence-electron chi connectivity index (χ1n) is 5.71. The van der Waals surface area contributed by atoms with Crippen LogP contribution >= 0.6 is 0 Å². The quantitative estimate of drug-likeness (QED) is 0.586. The maximum absolute atomic E-state index is 11.8. The minimum absolute atomic E-state index is 0.00505. The Labute approximate surface area is 102 Å². The lowest BCUT2D eigenvalue weighted by Gasteiger charge is -2.28. The summed E-state index contributed by atoms with van der Waals surface area (Å²) in [5, 5.41) is 10.1. The topological polar surface area (TPSA) is 72.8 Å². The van der Waals surface area contributed by atoms with Crippen molar-refractivity contribution in [2.45, 2.75) is 58.2 Å². The zero-order valence-corrected chi connectivity index (χ0v) is 11.2. The van der Waals surface area contributed by atoms with E-state index in [1.165, 1.54) is 0 Å². The highest BCUT2D eigenvalue weighted by Crippen LogP contribution is 2.21. The van der Waals surface area contributed by atoms with E-state index >= 15 is 0 Å². The van der Waals surface area contributed by atoms with Gasteiger partial charge in [0, 0.05) is 0 Å². The lowest BCUT2D eigenvalue weighted by Crippen LogP contribution is -2.50. The van der Waals surface area contributed by atoms with Crippen molar-refractivity contribution in [3.63, 3.8) is 0 Å². The molecular formula is C12H22O5. The molecule has 0 amide bonds. The summed E-state index contributed by atoms with van der Waals surface area (Å²) in [6.45, 7) is 6.90.